The molecule has 1 aliphatic heterocycles. The molecule has 4 aromatic rings. The Bertz CT molecular complexity index is 1480. The molecule has 0 spiro atoms. The van der Waals surface area contributed by atoms with Gasteiger partial charge in [-0.2, -0.15) is 13.2 Å². The van der Waals surface area contributed by atoms with Crippen LogP contribution in [0.15, 0.2) is 55.0 Å². The number of halogens is 3. The van der Waals surface area contributed by atoms with Crippen LogP contribution in [0.4, 0.5) is 19.0 Å². The minimum atomic E-state index is -4.52. The molecule has 0 atom stereocenters. The van der Waals surface area contributed by atoms with Crippen LogP contribution in [0.5, 0.6) is 5.88 Å². The van der Waals surface area contributed by atoms with E-state index in [2.05, 4.69) is 15.0 Å². The van der Waals surface area contributed by atoms with E-state index in [1.165, 1.54) is 11.6 Å². The van der Waals surface area contributed by atoms with E-state index in [-0.39, 0.29) is 24.7 Å². The van der Waals surface area contributed by atoms with Crippen LogP contribution in [0, 0.1) is 5.92 Å². The van der Waals surface area contributed by atoms with Gasteiger partial charge in [0.05, 0.1) is 25.1 Å². The molecule has 38 heavy (non-hydrogen) atoms. The number of hydrogen-bond donors (Lipinski definition) is 0. The number of benzene rings is 1. The molecule has 5 rings (SSSR count). The molecule has 1 amide bonds. The van der Waals surface area contributed by atoms with E-state index in [0.29, 0.717) is 41.2 Å². The second-order valence-electron chi connectivity index (χ2n) is 9.52. The van der Waals surface area contributed by atoms with E-state index in [1.54, 1.807) is 47.6 Å². The number of pyridine rings is 1. The third-order valence-corrected chi connectivity index (χ3v) is 6.03. The number of alkyl halides is 3. The number of imidazole rings is 1. The zero-order chi connectivity index (χ0) is 27.0. The van der Waals surface area contributed by atoms with E-state index < -0.39 is 11.9 Å². The number of fused-ring (bicyclic) bond motifs is 1. The number of rotatable bonds is 7. The molecule has 0 fully saturated rings. The van der Waals surface area contributed by atoms with Crippen LogP contribution < -0.4 is 9.64 Å². The summed E-state index contributed by atoms with van der Waals surface area (Å²) in [7, 11) is 1.52. The van der Waals surface area contributed by atoms with Crippen LogP contribution in [-0.4, -0.2) is 37.0 Å². The van der Waals surface area contributed by atoms with Gasteiger partial charge in [0.25, 0.3) is 0 Å². The molecule has 0 saturated heterocycles. The van der Waals surface area contributed by atoms with Crippen LogP contribution in [0.1, 0.15) is 30.7 Å². The lowest BCUT2D eigenvalue weighted by atomic mass is 10.1. The first-order chi connectivity index (χ1) is 18.1. The molecule has 196 valence electrons. The highest BCUT2D eigenvalue weighted by atomic mass is 19.4. The molecule has 11 heteroatoms. The summed E-state index contributed by atoms with van der Waals surface area (Å²) < 4.78 is 46.3. The van der Waals surface area contributed by atoms with Crippen molar-refractivity contribution in [2.24, 2.45) is 13.0 Å². The van der Waals surface area contributed by atoms with Gasteiger partial charge in [0.15, 0.2) is 11.5 Å². The van der Waals surface area contributed by atoms with Gasteiger partial charge in [-0.15, -0.1) is 0 Å². The summed E-state index contributed by atoms with van der Waals surface area (Å²) in [4.78, 5) is 31.7. The maximum atomic E-state index is 13.0. The van der Waals surface area contributed by atoms with Crippen LogP contribution in [-0.2, 0) is 31.0 Å². The number of anilines is 1. The van der Waals surface area contributed by atoms with Crippen molar-refractivity contribution in [2.75, 3.05) is 11.5 Å². The van der Waals surface area contributed by atoms with Crippen LogP contribution >= 0.6 is 0 Å². The SMILES string of the molecule is CC(C)COc1ncccc1-c1ncc2c(n1)N(Cc1ccc(-c3nc(C(F)(F)F)cn3C)cc1)C(=O)C2. The largest absolute Gasteiger partial charge is 0.477 e. The molecular formula is C27H25F3N6O2. The number of hydrogen-bond acceptors (Lipinski definition) is 6. The molecule has 3 aromatic heterocycles. The second kappa shape index (κ2) is 9.88. The molecule has 0 unspecified atom stereocenters. The lowest BCUT2D eigenvalue weighted by Gasteiger charge is -2.17. The average molecular weight is 523 g/mol. The van der Waals surface area contributed by atoms with E-state index in [9.17, 15) is 18.0 Å². The molecule has 0 bridgehead atoms. The highest BCUT2D eigenvalue weighted by Crippen LogP contribution is 2.33. The zero-order valence-corrected chi connectivity index (χ0v) is 21.0. The van der Waals surface area contributed by atoms with Crippen LogP contribution in [0.2, 0.25) is 0 Å². The summed E-state index contributed by atoms with van der Waals surface area (Å²) in [6.45, 7) is 4.83. The van der Waals surface area contributed by atoms with Gasteiger partial charge in [-0.3, -0.25) is 9.69 Å². The van der Waals surface area contributed by atoms with Gasteiger partial charge in [-0.1, -0.05) is 38.1 Å². The Morgan fingerprint density at radius 3 is 2.53 bits per heavy atom. The van der Waals surface area contributed by atoms with Crippen molar-refractivity contribution >= 4 is 11.7 Å². The van der Waals surface area contributed by atoms with Crippen LogP contribution in [0.25, 0.3) is 22.8 Å². The molecular weight excluding hydrogens is 497 g/mol. The van der Waals surface area contributed by atoms with E-state index in [1.807, 2.05) is 19.9 Å². The molecule has 1 aromatic carbocycles. The summed E-state index contributed by atoms with van der Waals surface area (Å²) in [6, 6.07) is 10.5. The lowest BCUT2D eigenvalue weighted by molar-refractivity contribution is -0.140. The minimum Gasteiger partial charge on any atom is -0.477 e. The summed E-state index contributed by atoms with van der Waals surface area (Å²) in [6.07, 6.45) is -0.0811. The number of carbonyl (C=O) groups excluding carboxylic acids is 1. The zero-order valence-electron chi connectivity index (χ0n) is 21.0. The number of aromatic nitrogens is 5. The Labute approximate surface area is 217 Å². The third kappa shape index (κ3) is 5.09. The molecule has 8 nitrogen and oxygen atoms in total. The molecule has 0 saturated carbocycles. The number of aryl methyl sites for hydroxylation is 1. The van der Waals surface area contributed by atoms with Crippen LogP contribution in [0.3, 0.4) is 0 Å². The van der Waals surface area contributed by atoms with E-state index in [0.717, 1.165) is 17.3 Å². The highest BCUT2D eigenvalue weighted by molar-refractivity contribution is 6.00. The lowest BCUT2D eigenvalue weighted by Crippen LogP contribution is -2.26. The Morgan fingerprint density at radius 1 is 1.08 bits per heavy atom. The Kier molecular flexibility index (Phi) is 6.60. The first-order valence-corrected chi connectivity index (χ1v) is 12.0. The molecule has 0 N–H and O–H groups in total. The highest BCUT2D eigenvalue weighted by Gasteiger charge is 2.34. The summed E-state index contributed by atoms with van der Waals surface area (Å²) in [5.74, 6) is 1.75. The van der Waals surface area contributed by atoms with Crippen molar-refractivity contribution < 1.29 is 22.7 Å². The van der Waals surface area contributed by atoms with E-state index >= 15 is 0 Å². The van der Waals surface area contributed by atoms with E-state index in [4.69, 9.17) is 9.72 Å². The molecule has 0 aliphatic carbocycles. The molecule has 4 heterocycles. The summed E-state index contributed by atoms with van der Waals surface area (Å²) >= 11 is 0. The number of amides is 1. The predicted octanol–water partition coefficient (Wildman–Crippen LogP) is 5.08. The summed E-state index contributed by atoms with van der Waals surface area (Å²) in [5, 5.41) is 0. The van der Waals surface area contributed by atoms with Gasteiger partial charge < -0.3 is 9.30 Å². The molecule has 0 radical (unpaired) electrons. The van der Waals surface area contributed by atoms with Crippen molar-refractivity contribution in [1.82, 2.24) is 24.5 Å². The fraction of sp³-hybridized carbons (Fsp3) is 0.296. The van der Waals surface area contributed by atoms with Gasteiger partial charge in [0.2, 0.25) is 11.8 Å². The van der Waals surface area contributed by atoms with Crippen molar-refractivity contribution in [2.45, 2.75) is 33.0 Å². The predicted molar refractivity (Wildman–Crippen MR) is 134 cm³/mol. The normalized spacial score (nSPS) is 13.3. The Morgan fingerprint density at radius 2 is 1.84 bits per heavy atom. The average Bonchev–Trinajstić information content (AvgIpc) is 3.42. The van der Waals surface area contributed by atoms with Gasteiger partial charge in [-0.05, 0) is 23.6 Å². The van der Waals surface area contributed by atoms with Gasteiger partial charge in [-0.25, -0.2) is 19.9 Å². The second-order valence-corrected chi connectivity index (χ2v) is 9.52. The number of ether oxygens (including phenoxy) is 1. The maximum Gasteiger partial charge on any atom is 0.434 e. The smallest absolute Gasteiger partial charge is 0.434 e. The fourth-order valence-corrected chi connectivity index (χ4v) is 4.16. The minimum absolute atomic E-state index is 0.114. The quantitative estimate of drug-likeness (QED) is 0.337. The fourth-order valence-electron chi connectivity index (χ4n) is 4.16. The van der Waals surface area contributed by atoms with Gasteiger partial charge >= 0.3 is 6.18 Å². The van der Waals surface area contributed by atoms with Crippen molar-refractivity contribution in [3.05, 3.63) is 71.8 Å². The summed E-state index contributed by atoms with van der Waals surface area (Å²) in [5.41, 5.74) is 1.74. The van der Waals surface area contributed by atoms with Crippen molar-refractivity contribution in [3.8, 4) is 28.7 Å². The van der Waals surface area contributed by atoms with Gasteiger partial charge in [0, 0.05) is 36.8 Å². The van der Waals surface area contributed by atoms with Crippen molar-refractivity contribution in [3.63, 3.8) is 0 Å². The van der Waals surface area contributed by atoms with Crippen molar-refractivity contribution in [1.29, 1.82) is 0 Å². The standard InChI is InChI=1S/C27H25F3N6O2/c1-16(2)15-38-26-20(5-4-10-31-26)23-32-12-19-11-22(37)36(25(19)34-23)13-17-6-8-18(9-7-17)24-33-21(14-35(24)3)27(28,29)30/h4-10,12,14,16H,11,13,15H2,1-3H3. The van der Waals surface area contributed by atoms with Gasteiger partial charge in [0.1, 0.15) is 11.6 Å². The monoisotopic (exact) mass is 522 g/mol. The first-order valence-electron chi connectivity index (χ1n) is 12.0. The number of nitrogens with zero attached hydrogens (tertiary/aromatic N) is 6. The molecule has 1 aliphatic rings. The Balaban J connectivity index is 1.39. The topological polar surface area (TPSA) is 86.0 Å². The maximum absolute atomic E-state index is 13.0. The Hall–Kier alpha value is -4.28. The third-order valence-electron chi connectivity index (χ3n) is 6.03. The number of carbonyl (C=O) groups is 1. The first kappa shape index (κ1) is 25.4.